The van der Waals surface area contributed by atoms with Gasteiger partial charge >= 0.3 is 6.61 Å². The second-order valence-corrected chi connectivity index (χ2v) is 3.68. The first-order valence-electron chi connectivity index (χ1n) is 5.63. The molecular formula is C12H15F2NO3. The summed E-state index contributed by atoms with van der Waals surface area (Å²) in [5.41, 5.74) is 0.361. The van der Waals surface area contributed by atoms with Crippen molar-refractivity contribution in [1.29, 1.82) is 0 Å². The SMILES string of the molecule is CCCCOc1nc(C)cc(OC(F)F)c1C=O. The van der Waals surface area contributed by atoms with Crippen molar-refractivity contribution in [2.75, 3.05) is 6.61 Å². The van der Waals surface area contributed by atoms with E-state index in [-0.39, 0.29) is 17.2 Å². The Balaban J connectivity index is 3.00. The van der Waals surface area contributed by atoms with Crippen LogP contribution in [0.4, 0.5) is 8.78 Å². The van der Waals surface area contributed by atoms with E-state index in [0.29, 0.717) is 18.6 Å². The number of aryl methyl sites for hydroxylation is 1. The number of aldehydes is 1. The fraction of sp³-hybridized carbons (Fsp3) is 0.500. The molecule has 0 N–H and O–H groups in total. The summed E-state index contributed by atoms with van der Waals surface area (Å²) in [5.74, 6) is -0.173. The van der Waals surface area contributed by atoms with E-state index in [2.05, 4.69) is 9.72 Å². The smallest absolute Gasteiger partial charge is 0.387 e. The Hall–Kier alpha value is -1.72. The lowest BCUT2D eigenvalue weighted by Gasteiger charge is -2.12. The Labute approximate surface area is 104 Å². The zero-order valence-corrected chi connectivity index (χ0v) is 10.3. The maximum atomic E-state index is 12.2. The molecule has 0 aliphatic heterocycles. The average Bonchev–Trinajstić information content (AvgIpc) is 2.28. The third-order valence-corrected chi connectivity index (χ3v) is 2.18. The molecule has 4 nitrogen and oxygen atoms in total. The van der Waals surface area contributed by atoms with Crippen LogP contribution < -0.4 is 9.47 Å². The number of carbonyl (C=O) groups is 1. The minimum absolute atomic E-state index is 0.0362. The van der Waals surface area contributed by atoms with Gasteiger partial charge < -0.3 is 9.47 Å². The van der Waals surface area contributed by atoms with Gasteiger partial charge in [0.2, 0.25) is 5.88 Å². The number of hydrogen-bond acceptors (Lipinski definition) is 4. The molecule has 0 radical (unpaired) electrons. The number of hydrogen-bond donors (Lipinski definition) is 0. The molecule has 1 aromatic rings. The molecule has 0 atom stereocenters. The Bertz CT molecular complexity index is 411. The standard InChI is InChI=1S/C12H15F2NO3/c1-3-4-5-17-11-9(7-16)10(18-12(13)14)6-8(2)15-11/h6-7,12H,3-5H2,1-2H3. The van der Waals surface area contributed by atoms with Crippen molar-refractivity contribution in [3.05, 3.63) is 17.3 Å². The number of rotatable bonds is 7. The number of halogens is 2. The lowest BCUT2D eigenvalue weighted by molar-refractivity contribution is -0.0502. The minimum atomic E-state index is -2.99. The third kappa shape index (κ3) is 3.94. The van der Waals surface area contributed by atoms with Gasteiger partial charge in [-0.1, -0.05) is 13.3 Å². The zero-order chi connectivity index (χ0) is 13.5. The summed E-state index contributed by atoms with van der Waals surface area (Å²) in [7, 11) is 0. The lowest BCUT2D eigenvalue weighted by Crippen LogP contribution is -2.08. The molecule has 0 aliphatic carbocycles. The highest BCUT2D eigenvalue weighted by Crippen LogP contribution is 2.27. The molecule has 1 aromatic heterocycles. The first-order chi connectivity index (χ1) is 8.58. The molecule has 0 saturated carbocycles. The predicted molar refractivity (Wildman–Crippen MR) is 61.4 cm³/mol. The number of alkyl halides is 2. The highest BCUT2D eigenvalue weighted by atomic mass is 19.3. The molecule has 1 rings (SSSR count). The number of ether oxygens (including phenoxy) is 2. The van der Waals surface area contributed by atoms with Gasteiger partial charge in [-0.15, -0.1) is 0 Å². The number of pyridine rings is 1. The molecular weight excluding hydrogens is 244 g/mol. The van der Waals surface area contributed by atoms with E-state index in [1.54, 1.807) is 6.92 Å². The van der Waals surface area contributed by atoms with E-state index in [0.717, 1.165) is 12.8 Å². The second kappa shape index (κ2) is 6.88. The van der Waals surface area contributed by atoms with Crippen LogP contribution in [0.25, 0.3) is 0 Å². The van der Waals surface area contributed by atoms with Crippen LogP contribution in [0.15, 0.2) is 6.07 Å². The van der Waals surface area contributed by atoms with Gasteiger partial charge in [-0.2, -0.15) is 8.78 Å². The normalized spacial score (nSPS) is 10.5. The molecule has 100 valence electrons. The highest BCUT2D eigenvalue weighted by Gasteiger charge is 2.16. The third-order valence-electron chi connectivity index (χ3n) is 2.18. The Kier molecular flexibility index (Phi) is 5.48. The maximum Gasteiger partial charge on any atom is 0.387 e. The predicted octanol–water partition coefficient (Wildman–Crippen LogP) is 2.98. The quantitative estimate of drug-likeness (QED) is 0.558. The molecule has 0 aromatic carbocycles. The maximum absolute atomic E-state index is 12.2. The van der Waals surface area contributed by atoms with E-state index in [9.17, 15) is 13.6 Å². The molecule has 0 saturated heterocycles. The van der Waals surface area contributed by atoms with E-state index in [1.807, 2.05) is 6.92 Å². The second-order valence-electron chi connectivity index (χ2n) is 3.68. The molecule has 1 heterocycles. The van der Waals surface area contributed by atoms with Crippen molar-refractivity contribution in [2.24, 2.45) is 0 Å². The Morgan fingerprint density at radius 1 is 1.50 bits per heavy atom. The van der Waals surface area contributed by atoms with Crippen LogP contribution >= 0.6 is 0 Å². The van der Waals surface area contributed by atoms with Crippen LogP contribution in [0.2, 0.25) is 0 Å². The van der Waals surface area contributed by atoms with Crippen molar-refractivity contribution in [3.63, 3.8) is 0 Å². The molecule has 0 unspecified atom stereocenters. The van der Waals surface area contributed by atoms with Gasteiger partial charge in [0.05, 0.1) is 6.61 Å². The van der Waals surface area contributed by atoms with Crippen LogP contribution in [0.5, 0.6) is 11.6 Å². The summed E-state index contributed by atoms with van der Waals surface area (Å²) in [6, 6.07) is 1.28. The van der Waals surface area contributed by atoms with Crippen LogP contribution in [0, 0.1) is 6.92 Å². The van der Waals surface area contributed by atoms with Gasteiger partial charge in [0.15, 0.2) is 6.29 Å². The van der Waals surface area contributed by atoms with Crippen molar-refractivity contribution in [3.8, 4) is 11.6 Å². The van der Waals surface area contributed by atoms with Gasteiger partial charge in [0, 0.05) is 11.8 Å². The van der Waals surface area contributed by atoms with Crippen molar-refractivity contribution in [2.45, 2.75) is 33.3 Å². The van der Waals surface area contributed by atoms with Crippen molar-refractivity contribution in [1.82, 2.24) is 4.98 Å². The van der Waals surface area contributed by atoms with Gasteiger partial charge in [-0.25, -0.2) is 4.98 Å². The van der Waals surface area contributed by atoms with Crippen LogP contribution in [0.3, 0.4) is 0 Å². The van der Waals surface area contributed by atoms with E-state index in [4.69, 9.17) is 4.74 Å². The molecule has 0 fully saturated rings. The molecule has 0 aliphatic rings. The summed E-state index contributed by atoms with van der Waals surface area (Å²) in [5, 5.41) is 0. The minimum Gasteiger partial charge on any atom is -0.477 e. The largest absolute Gasteiger partial charge is 0.477 e. The fourth-order valence-corrected chi connectivity index (χ4v) is 1.35. The van der Waals surface area contributed by atoms with Gasteiger partial charge in [0.25, 0.3) is 0 Å². The topological polar surface area (TPSA) is 48.4 Å². The summed E-state index contributed by atoms with van der Waals surface area (Å²) in [6.07, 6.45) is 2.12. The molecule has 18 heavy (non-hydrogen) atoms. The summed E-state index contributed by atoms with van der Waals surface area (Å²) in [6.45, 7) is 0.981. The highest BCUT2D eigenvalue weighted by molar-refractivity contribution is 5.82. The average molecular weight is 259 g/mol. The fourth-order valence-electron chi connectivity index (χ4n) is 1.35. The number of nitrogens with zero attached hydrogens (tertiary/aromatic N) is 1. The van der Waals surface area contributed by atoms with E-state index in [1.165, 1.54) is 6.07 Å². The number of carbonyl (C=O) groups excluding carboxylic acids is 1. The lowest BCUT2D eigenvalue weighted by atomic mass is 10.2. The van der Waals surface area contributed by atoms with Crippen molar-refractivity contribution >= 4 is 6.29 Å². The van der Waals surface area contributed by atoms with Crippen LogP contribution in [-0.4, -0.2) is 24.5 Å². The number of aromatic nitrogens is 1. The van der Waals surface area contributed by atoms with Crippen LogP contribution in [-0.2, 0) is 0 Å². The molecule has 0 spiro atoms. The zero-order valence-electron chi connectivity index (χ0n) is 10.3. The van der Waals surface area contributed by atoms with E-state index < -0.39 is 6.61 Å². The van der Waals surface area contributed by atoms with Gasteiger partial charge in [-0.05, 0) is 13.3 Å². The first-order valence-corrected chi connectivity index (χ1v) is 5.63. The van der Waals surface area contributed by atoms with Crippen molar-refractivity contribution < 1.29 is 23.0 Å². The molecule has 0 bridgehead atoms. The van der Waals surface area contributed by atoms with Crippen LogP contribution in [0.1, 0.15) is 35.8 Å². The van der Waals surface area contributed by atoms with Gasteiger partial charge in [0.1, 0.15) is 11.3 Å². The Morgan fingerprint density at radius 2 is 2.22 bits per heavy atom. The monoisotopic (exact) mass is 259 g/mol. The molecule has 6 heteroatoms. The summed E-state index contributed by atoms with van der Waals surface area (Å²) in [4.78, 5) is 14.9. The molecule has 0 amide bonds. The van der Waals surface area contributed by atoms with E-state index >= 15 is 0 Å². The summed E-state index contributed by atoms with van der Waals surface area (Å²) >= 11 is 0. The first kappa shape index (κ1) is 14.3. The number of unbranched alkanes of at least 4 members (excludes halogenated alkanes) is 1. The summed E-state index contributed by atoms with van der Waals surface area (Å²) < 4.78 is 34.0. The Morgan fingerprint density at radius 3 is 2.78 bits per heavy atom. The van der Waals surface area contributed by atoms with Gasteiger partial charge in [-0.3, -0.25) is 4.79 Å².